The molecule has 0 N–H and O–H groups in total. The standard InChI is InChI=1S/C9H10OS.2C2H6/c1-8(10)7-11-9-5-3-2-4-6-9;2*1-2/h2-6H,7H2,1H3;2*1-2H3. The zero-order valence-corrected chi connectivity index (χ0v) is 11.2. The third kappa shape index (κ3) is 11.2. The Hall–Kier alpha value is -0.760. The van der Waals surface area contributed by atoms with E-state index in [1.54, 1.807) is 18.7 Å². The Labute approximate surface area is 98.3 Å². The predicted octanol–water partition coefficient (Wildman–Crippen LogP) is 4.42. The van der Waals surface area contributed by atoms with Crippen molar-refractivity contribution in [1.29, 1.82) is 0 Å². The molecule has 0 aliphatic carbocycles. The van der Waals surface area contributed by atoms with Gasteiger partial charge in [-0.1, -0.05) is 45.9 Å². The third-order valence-electron chi connectivity index (χ3n) is 1.19. The van der Waals surface area contributed by atoms with Crippen molar-refractivity contribution in [2.75, 3.05) is 5.75 Å². The summed E-state index contributed by atoms with van der Waals surface area (Å²) in [7, 11) is 0. The van der Waals surface area contributed by atoms with Crippen molar-refractivity contribution in [1.82, 2.24) is 0 Å². The van der Waals surface area contributed by atoms with Crippen LogP contribution < -0.4 is 0 Å². The van der Waals surface area contributed by atoms with Gasteiger partial charge in [-0.25, -0.2) is 0 Å². The van der Waals surface area contributed by atoms with Gasteiger partial charge in [0.25, 0.3) is 0 Å². The fourth-order valence-electron chi connectivity index (χ4n) is 0.702. The molecule has 1 rings (SSSR count). The number of carbonyl (C=O) groups is 1. The second kappa shape index (κ2) is 13.2. The van der Waals surface area contributed by atoms with Crippen molar-refractivity contribution in [3.05, 3.63) is 30.3 Å². The maximum Gasteiger partial charge on any atom is 0.140 e. The van der Waals surface area contributed by atoms with E-state index in [-0.39, 0.29) is 5.78 Å². The molecule has 0 aliphatic rings. The maximum atomic E-state index is 10.6. The molecule has 0 aliphatic heterocycles. The largest absolute Gasteiger partial charge is 0.299 e. The van der Waals surface area contributed by atoms with Gasteiger partial charge in [0.05, 0.1) is 5.75 Å². The minimum absolute atomic E-state index is 0.221. The fourth-order valence-corrected chi connectivity index (χ4v) is 1.42. The first-order chi connectivity index (χ1) is 7.29. The number of benzene rings is 1. The second-order valence-corrected chi connectivity index (χ2v) is 3.35. The lowest BCUT2D eigenvalue weighted by Gasteiger charge is -1.95. The highest BCUT2D eigenvalue weighted by Gasteiger charge is 1.94. The Morgan fingerprint density at radius 3 is 1.93 bits per heavy atom. The summed E-state index contributed by atoms with van der Waals surface area (Å²) in [5.74, 6) is 0.795. The van der Waals surface area contributed by atoms with Gasteiger partial charge in [0.15, 0.2) is 0 Å². The smallest absolute Gasteiger partial charge is 0.140 e. The van der Waals surface area contributed by atoms with Crippen LogP contribution in [0, 0.1) is 0 Å². The van der Waals surface area contributed by atoms with Gasteiger partial charge < -0.3 is 0 Å². The highest BCUT2D eigenvalue weighted by atomic mass is 32.2. The Morgan fingerprint density at radius 2 is 1.53 bits per heavy atom. The summed E-state index contributed by atoms with van der Waals surface area (Å²) in [6.45, 7) is 9.61. The summed E-state index contributed by atoms with van der Waals surface area (Å²) >= 11 is 1.58. The first kappa shape index (κ1) is 16.7. The first-order valence-electron chi connectivity index (χ1n) is 5.46. The topological polar surface area (TPSA) is 17.1 Å². The van der Waals surface area contributed by atoms with Gasteiger partial charge in [-0.2, -0.15) is 0 Å². The monoisotopic (exact) mass is 226 g/mol. The molecule has 0 heterocycles. The van der Waals surface area contributed by atoms with E-state index in [1.165, 1.54) is 0 Å². The molecule has 0 spiro atoms. The summed E-state index contributed by atoms with van der Waals surface area (Å²) in [5, 5.41) is 0. The van der Waals surface area contributed by atoms with Gasteiger partial charge in [0.1, 0.15) is 5.78 Å². The number of Topliss-reactive ketones (excluding diaryl/α,β-unsaturated/α-hetero) is 1. The van der Waals surface area contributed by atoms with E-state index in [1.807, 2.05) is 58.0 Å². The van der Waals surface area contributed by atoms with E-state index in [0.717, 1.165) is 4.90 Å². The third-order valence-corrected chi connectivity index (χ3v) is 2.34. The molecule has 0 atom stereocenters. The average molecular weight is 226 g/mol. The van der Waals surface area contributed by atoms with Gasteiger partial charge in [0, 0.05) is 4.90 Å². The summed E-state index contributed by atoms with van der Waals surface area (Å²) < 4.78 is 0. The summed E-state index contributed by atoms with van der Waals surface area (Å²) in [6, 6.07) is 9.93. The maximum absolute atomic E-state index is 10.6. The molecule has 0 radical (unpaired) electrons. The zero-order chi connectivity index (χ0) is 12.1. The van der Waals surface area contributed by atoms with Crippen LogP contribution in [0.2, 0.25) is 0 Å². The van der Waals surface area contributed by atoms with E-state index in [0.29, 0.717) is 5.75 Å². The van der Waals surface area contributed by atoms with Gasteiger partial charge in [0.2, 0.25) is 0 Å². The van der Waals surface area contributed by atoms with E-state index in [9.17, 15) is 4.79 Å². The minimum Gasteiger partial charge on any atom is -0.299 e. The minimum atomic E-state index is 0.221. The zero-order valence-electron chi connectivity index (χ0n) is 10.4. The van der Waals surface area contributed by atoms with Crippen molar-refractivity contribution in [2.45, 2.75) is 39.5 Å². The van der Waals surface area contributed by atoms with E-state index >= 15 is 0 Å². The average Bonchev–Trinajstić information content (AvgIpc) is 2.33. The summed E-state index contributed by atoms with van der Waals surface area (Å²) in [4.78, 5) is 11.8. The van der Waals surface area contributed by atoms with Crippen LogP contribution in [0.4, 0.5) is 0 Å². The van der Waals surface area contributed by atoms with Crippen molar-refractivity contribution in [3.8, 4) is 0 Å². The molecule has 0 saturated carbocycles. The molecule has 1 nitrogen and oxygen atoms in total. The molecule has 0 amide bonds. The van der Waals surface area contributed by atoms with Crippen molar-refractivity contribution < 1.29 is 4.79 Å². The van der Waals surface area contributed by atoms with Gasteiger partial charge in [-0.15, -0.1) is 11.8 Å². The van der Waals surface area contributed by atoms with Crippen LogP contribution in [0.25, 0.3) is 0 Å². The Kier molecular flexibility index (Phi) is 14.7. The van der Waals surface area contributed by atoms with Crippen LogP contribution >= 0.6 is 11.8 Å². The molecule has 0 aromatic heterocycles. The van der Waals surface area contributed by atoms with Crippen molar-refractivity contribution in [3.63, 3.8) is 0 Å². The summed E-state index contributed by atoms with van der Waals surface area (Å²) in [6.07, 6.45) is 0. The number of thioether (sulfide) groups is 1. The molecule has 0 bridgehead atoms. The lowest BCUT2D eigenvalue weighted by atomic mass is 10.4. The van der Waals surface area contributed by atoms with Crippen LogP contribution in [-0.2, 0) is 4.79 Å². The van der Waals surface area contributed by atoms with Gasteiger partial charge in [-0.05, 0) is 19.1 Å². The van der Waals surface area contributed by atoms with Crippen LogP contribution in [-0.4, -0.2) is 11.5 Å². The van der Waals surface area contributed by atoms with Crippen molar-refractivity contribution >= 4 is 17.5 Å². The van der Waals surface area contributed by atoms with Crippen molar-refractivity contribution in [2.24, 2.45) is 0 Å². The molecular formula is C13H22OS. The second-order valence-electron chi connectivity index (χ2n) is 2.30. The number of hydrogen-bond donors (Lipinski definition) is 0. The molecule has 1 aromatic carbocycles. The molecule has 0 saturated heterocycles. The normalized spacial score (nSPS) is 7.80. The molecule has 2 heteroatoms. The highest BCUT2D eigenvalue weighted by molar-refractivity contribution is 8.00. The van der Waals surface area contributed by atoms with Crippen LogP contribution in [0.3, 0.4) is 0 Å². The number of rotatable bonds is 3. The molecule has 1 aromatic rings. The molecular weight excluding hydrogens is 204 g/mol. The number of carbonyl (C=O) groups excluding carboxylic acids is 1. The lowest BCUT2D eigenvalue weighted by Crippen LogP contribution is -1.92. The molecule has 15 heavy (non-hydrogen) atoms. The van der Waals surface area contributed by atoms with Crippen LogP contribution in [0.5, 0.6) is 0 Å². The summed E-state index contributed by atoms with van der Waals surface area (Å²) in [5.41, 5.74) is 0. The first-order valence-corrected chi connectivity index (χ1v) is 6.45. The Balaban J connectivity index is 0. The van der Waals surface area contributed by atoms with E-state index < -0.39 is 0 Å². The quantitative estimate of drug-likeness (QED) is 0.710. The number of ketones is 1. The van der Waals surface area contributed by atoms with Gasteiger partial charge in [-0.3, -0.25) is 4.79 Å². The van der Waals surface area contributed by atoms with E-state index in [2.05, 4.69) is 0 Å². The predicted molar refractivity (Wildman–Crippen MR) is 70.5 cm³/mol. The molecule has 0 fully saturated rings. The fraction of sp³-hybridized carbons (Fsp3) is 0.462. The van der Waals surface area contributed by atoms with Crippen LogP contribution in [0.15, 0.2) is 35.2 Å². The number of hydrogen-bond acceptors (Lipinski definition) is 2. The van der Waals surface area contributed by atoms with Gasteiger partial charge >= 0.3 is 0 Å². The van der Waals surface area contributed by atoms with Crippen LogP contribution in [0.1, 0.15) is 34.6 Å². The Morgan fingerprint density at radius 1 is 1.07 bits per heavy atom. The Bertz CT molecular complexity index is 232. The SMILES string of the molecule is CC.CC.CC(=O)CSc1ccccc1. The lowest BCUT2D eigenvalue weighted by molar-refractivity contribution is -0.114. The highest BCUT2D eigenvalue weighted by Crippen LogP contribution is 2.16. The van der Waals surface area contributed by atoms with E-state index in [4.69, 9.17) is 0 Å². The molecule has 0 unspecified atom stereocenters. The molecule has 86 valence electrons.